The Morgan fingerprint density at radius 3 is 2.55 bits per heavy atom. The maximum absolute atomic E-state index is 13.2. The Balaban J connectivity index is 1.60. The van der Waals surface area contributed by atoms with E-state index in [0.717, 1.165) is 39.0 Å². The molecule has 0 saturated carbocycles. The van der Waals surface area contributed by atoms with Crippen LogP contribution in [0.25, 0.3) is 0 Å². The predicted octanol–water partition coefficient (Wildman–Crippen LogP) is 3.24. The summed E-state index contributed by atoms with van der Waals surface area (Å²) >= 11 is 6.07. The van der Waals surface area contributed by atoms with E-state index in [0.29, 0.717) is 17.2 Å². The van der Waals surface area contributed by atoms with Crippen molar-refractivity contribution in [2.75, 3.05) is 45.2 Å². The first kappa shape index (κ1) is 22.4. The van der Waals surface area contributed by atoms with Crippen molar-refractivity contribution in [2.45, 2.75) is 37.1 Å². The molecule has 4 rings (SSSR count). The van der Waals surface area contributed by atoms with Crippen molar-refractivity contribution in [1.82, 2.24) is 9.62 Å². The highest BCUT2D eigenvalue weighted by atomic mass is 35.5. The topological polar surface area (TPSA) is 61.9 Å². The third-order valence-corrected chi connectivity index (χ3v) is 8.19. The van der Waals surface area contributed by atoms with Gasteiger partial charge in [0.25, 0.3) is 0 Å². The highest BCUT2D eigenvalue weighted by molar-refractivity contribution is 7.89. The first-order valence-electron chi connectivity index (χ1n) is 10.7. The van der Waals surface area contributed by atoms with Gasteiger partial charge in [0.1, 0.15) is 10.6 Å². The van der Waals surface area contributed by atoms with E-state index >= 15 is 0 Å². The average molecular weight is 464 g/mol. The summed E-state index contributed by atoms with van der Waals surface area (Å²) in [4.78, 5) is 4.86. The number of fused-ring (bicyclic) bond motifs is 1. The molecule has 168 valence electrons. The number of hydrogen-bond donors (Lipinski definition) is 1. The summed E-state index contributed by atoms with van der Waals surface area (Å²) in [5, 5.41) is 0.364. The van der Waals surface area contributed by atoms with E-state index in [9.17, 15) is 8.42 Å². The number of ether oxygens (including phenoxy) is 1. The van der Waals surface area contributed by atoms with E-state index in [4.69, 9.17) is 16.3 Å². The van der Waals surface area contributed by atoms with Crippen LogP contribution in [-0.4, -0.2) is 59.7 Å². The predicted molar refractivity (Wildman–Crippen MR) is 125 cm³/mol. The SMILES string of the molecule is COc1ccc(Cl)cc1S(=O)(=O)N[C@@H]1CCc2c(C)ccc(N3CCN(C)CC3)c2C1. The van der Waals surface area contributed by atoms with Gasteiger partial charge in [-0.25, -0.2) is 13.1 Å². The average Bonchev–Trinajstić information content (AvgIpc) is 2.74. The quantitative estimate of drug-likeness (QED) is 0.737. The number of likely N-dealkylation sites (N-methyl/N-ethyl adjacent to an activating group) is 1. The Bertz CT molecular complexity index is 1070. The molecule has 0 aromatic heterocycles. The first-order valence-corrected chi connectivity index (χ1v) is 12.6. The van der Waals surface area contributed by atoms with Crippen LogP contribution in [0.5, 0.6) is 5.75 Å². The van der Waals surface area contributed by atoms with Gasteiger partial charge in [0, 0.05) is 42.9 Å². The molecule has 2 aromatic rings. The molecule has 1 atom stereocenters. The number of piperazine rings is 1. The van der Waals surface area contributed by atoms with Crippen molar-refractivity contribution in [3.8, 4) is 5.75 Å². The second-order valence-electron chi connectivity index (χ2n) is 8.51. The van der Waals surface area contributed by atoms with Gasteiger partial charge in [-0.1, -0.05) is 17.7 Å². The minimum Gasteiger partial charge on any atom is -0.495 e. The minimum atomic E-state index is -3.76. The number of nitrogens with one attached hydrogen (secondary N) is 1. The second kappa shape index (κ2) is 8.98. The number of aryl methyl sites for hydroxylation is 1. The van der Waals surface area contributed by atoms with Crippen molar-refractivity contribution in [2.24, 2.45) is 0 Å². The van der Waals surface area contributed by atoms with Crippen molar-refractivity contribution >= 4 is 27.3 Å². The van der Waals surface area contributed by atoms with Crippen LogP contribution in [0.1, 0.15) is 23.1 Å². The van der Waals surface area contributed by atoms with Crippen molar-refractivity contribution in [3.05, 3.63) is 52.0 Å². The van der Waals surface area contributed by atoms with Crippen LogP contribution in [0.2, 0.25) is 5.02 Å². The molecule has 1 aliphatic heterocycles. The van der Waals surface area contributed by atoms with Gasteiger partial charge in [-0.15, -0.1) is 0 Å². The molecule has 0 amide bonds. The van der Waals surface area contributed by atoms with E-state index in [1.165, 1.54) is 35.6 Å². The third kappa shape index (κ3) is 4.70. The summed E-state index contributed by atoms with van der Waals surface area (Å²) in [7, 11) is -0.150. The van der Waals surface area contributed by atoms with Gasteiger partial charge in [-0.3, -0.25) is 0 Å². The lowest BCUT2D eigenvalue weighted by atomic mass is 9.84. The molecule has 1 heterocycles. The summed E-state index contributed by atoms with van der Waals surface area (Å²) in [6, 6.07) is 8.89. The standard InChI is InChI=1S/C23H30ClN3O3S/c1-16-4-8-21(27-12-10-26(2)11-13-27)20-15-18(6-7-19(16)20)25-31(28,29)23-14-17(24)5-9-22(23)30-3/h4-5,8-9,14,18,25H,6-7,10-13,15H2,1-3H3/t18-/m1/s1. The molecule has 31 heavy (non-hydrogen) atoms. The summed E-state index contributed by atoms with van der Waals surface area (Å²) in [6.45, 7) is 6.19. The maximum atomic E-state index is 13.2. The zero-order chi connectivity index (χ0) is 22.2. The number of halogens is 1. The smallest absolute Gasteiger partial charge is 0.244 e. The molecule has 6 nitrogen and oxygen atoms in total. The zero-order valence-electron chi connectivity index (χ0n) is 18.3. The fourth-order valence-corrected chi connectivity index (χ4v) is 6.33. The van der Waals surface area contributed by atoms with Gasteiger partial charge in [0.05, 0.1) is 7.11 Å². The molecule has 1 saturated heterocycles. The summed E-state index contributed by atoms with van der Waals surface area (Å²) < 4.78 is 34.5. The molecule has 1 fully saturated rings. The molecular formula is C23H30ClN3O3S. The molecule has 1 aliphatic carbocycles. The highest BCUT2D eigenvalue weighted by Crippen LogP contribution is 2.34. The number of benzene rings is 2. The van der Waals surface area contributed by atoms with Crippen molar-refractivity contribution in [1.29, 1.82) is 0 Å². The van der Waals surface area contributed by atoms with Crippen LogP contribution < -0.4 is 14.4 Å². The number of rotatable bonds is 5. The summed E-state index contributed by atoms with van der Waals surface area (Å²) in [6.07, 6.45) is 2.31. The number of nitrogens with zero attached hydrogens (tertiary/aromatic N) is 2. The Kier molecular flexibility index (Phi) is 6.49. The van der Waals surface area contributed by atoms with E-state index < -0.39 is 10.0 Å². The normalized spacial score (nSPS) is 19.9. The van der Waals surface area contributed by atoms with Crippen LogP contribution >= 0.6 is 11.6 Å². The molecule has 0 radical (unpaired) electrons. The molecule has 1 N–H and O–H groups in total. The van der Waals surface area contributed by atoms with Gasteiger partial charge in [-0.2, -0.15) is 0 Å². The third-order valence-electron chi connectivity index (χ3n) is 6.41. The summed E-state index contributed by atoms with van der Waals surface area (Å²) in [5.74, 6) is 0.294. The number of hydrogen-bond acceptors (Lipinski definition) is 5. The lowest BCUT2D eigenvalue weighted by molar-refractivity contribution is 0.312. The summed E-state index contributed by atoms with van der Waals surface area (Å²) in [5.41, 5.74) is 5.18. The molecular weight excluding hydrogens is 434 g/mol. The van der Waals surface area contributed by atoms with Crippen LogP contribution in [0.15, 0.2) is 35.2 Å². The zero-order valence-corrected chi connectivity index (χ0v) is 19.9. The van der Waals surface area contributed by atoms with Gasteiger partial charge in [0.15, 0.2) is 0 Å². The van der Waals surface area contributed by atoms with Crippen LogP contribution in [0, 0.1) is 6.92 Å². The number of sulfonamides is 1. The number of anilines is 1. The van der Waals surface area contributed by atoms with E-state index in [1.54, 1.807) is 12.1 Å². The van der Waals surface area contributed by atoms with Gasteiger partial charge >= 0.3 is 0 Å². The van der Waals surface area contributed by atoms with E-state index in [-0.39, 0.29) is 10.9 Å². The Morgan fingerprint density at radius 2 is 1.84 bits per heavy atom. The highest BCUT2D eigenvalue weighted by Gasteiger charge is 2.30. The molecule has 2 aliphatic rings. The Hall–Kier alpha value is -1.80. The molecule has 0 spiro atoms. The van der Waals surface area contributed by atoms with Gasteiger partial charge in [-0.05, 0) is 74.2 Å². The Labute approximate surface area is 190 Å². The van der Waals surface area contributed by atoms with Crippen molar-refractivity contribution < 1.29 is 13.2 Å². The van der Waals surface area contributed by atoms with Gasteiger partial charge < -0.3 is 14.5 Å². The molecule has 0 unspecified atom stereocenters. The van der Waals surface area contributed by atoms with Crippen molar-refractivity contribution in [3.63, 3.8) is 0 Å². The largest absolute Gasteiger partial charge is 0.495 e. The number of methoxy groups -OCH3 is 1. The van der Waals surface area contributed by atoms with Crippen LogP contribution in [0.3, 0.4) is 0 Å². The minimum absolute atomic E-state index is 0.0804. The lowest BCUT2D eigenvalue weighted by Crippen LogP contribution is -2.45. The fraction of sp³-hybridized carbons (Fsp3) is 0.478. The monoisotopic (exact) mass is 463 g/mol. The lowest BCUT2D eigenvalue weighted by Gasteiger charge is -2.37. The molecule has 8 heteroatoms. The van der Waals surface area contributed by atoms with Crippen LogP contribution in [0.4, 0.5) is 5.69 Å². The van der Waals surface area contributed by atoms with Gasteiger partial charge in [0.2, 0.25) is 10.0 Å². The fourth-order valence-electron chi connectivity index (χ4n) is 4.63. The Morgan fingerprint density at radius 1 is 1.10 bits per heavy atom. The maximum Gasteiger partial charge on any atom is 0.244 e. The van der Waals surface area contributed by atoms with E-state index in [1.807, 2.05) is 0 Å². The van der Waals surface area contributed by atoms with Crippen LogP contribution in [-0.2, 0) is 22.9 Å². The van der Waals surface area contributed by atoms with E-state index in [2.05, 4.69) is 40.6 Å². The second-order valence-corrected chi connectivity index (χ2v) is 10.6. The first-order chi connectivity index (χ1) is 14.8. The molecule has 2 aromatic carbocycles. The molecule has 0 bridgehead atoms.